The Morgan fingerprint density at radius 3 is 2.36 bits per heavy atom. The van der Waals surface area contributed by atoms with Crippen LogP contribution in [-0.4, -0.2) is 4.19 Å². The summed E-state index contributed by atoms with van der Waals surface area (Å²) in [5.74, 6) is 0. The van der Waals surface area contributed by atoms with E-state index < -0.39 is 0 Å². The Labute approximate surface area is 74.7 Å². The fourth-order valence-corrected chi connectivity index (χ4v) is 1.16. The second-order valence-electron chi connectivity index (χ2n) is 2.43. The second-order valence-corrected chi connectivity index (χ2v) is 3.70. The molecule has 0 N–H and O–H groups in total. The van der Waals surface area contributed by atoms with Crippen LogP contribution in [0.2, 0.25) is 0 Å². The predicted octanol–water partition coefficient (Wildman–Crippen LogP) is 2.99. The molecule has 1 nitrogen and oxygen atoms in total. The van der Waals surface area contributed by atoms with Crippen LogP contribution in [0, 0.1) is 0 Å². The summed E-state index contributed by atoms with van der Waals surface area (Å²) >= 11 is 5.76. The van der Waals surface area contributed by atoms with E-state index in [1.54, 1.807) is 4.19 Å². The molecule has 0 aromatic heterocycles. The van der Waals surface area contributed by atoms with Crippen LogP contribution in [0.3, 0.4) is 0 Å². The van der Waals surface area contributed by atoms with E-state index in [2.05, 4.69) is 28.4 Å². The molecule has 0 radical (unpaired) electrons. The molecule has 0 heterocycles. The van der Waals surface area contributed by atoms with Gasteiger partial charge in [0.25, 0.3) is 0 Å². The lowest BCUT2D eigenvalue weighted by Gasteiger charge is -2.16. The van der Waals surface area contributed by atoms with Crippen molar-refractivity contribution in [3.05, 3.63) is 35.9 Å². The van der Waals surface area contributed by atoms with E-state index in [1.807, 2.05) is 18.2 Å². The molecule has 60 valence electrons. The summed E-state index contributed by atoms with van der Waals surface area (Å²) in [7, 11) is 2.44. The Hall–Kier alpha value is -0.100. The maximum Gasteiger partial charge on any atom is 0.0507 e. The molecule has 0 amide bonds. The van der Waals surface area contributed by atoms with Crippen LogP contribution >= 0.6 is 21.2 Å². The average Bonchev–Trinajstić information content (AvgIpc) is 2.05. The van der Waals surface area contributed by atoms with Crippen molar-refractivity contribution >= 4 is 21.2 Å². The van der Waals surface area contributed by atoms with Crippen LogP contribution in [0.4, 0.5) is 0 Å². The molecular formula is C8H11ClNP. The summed E-state index contributed by atoms with van der Waals surface area (Å²) in [5.41, 5.74) is 1.22. The molecule has 0 spiro atoms. The molecule has 0 fully saturated rings. The normalized spacial score (nSPS) is 13.5. The van der Waals surface area contributed by atoms with E-state index in [-0.39, 0.29) is 6.04 Å². The quantitative estimate of drug-likeness (QED) is 0.508. The molecule has 11 heavy (non-hydrogen) atoms. The van der Waals surface area contributed by atoms with Crippen LogP contribution in [0.15, 0.2) is 30.3 Å². The minimum Gasteiger partial charge on any atom is -0.197 e. The van der Waals surface area contributed by atoms with E-state index in [9.17, 15) is 0 Å². The van der Waals surface area contributed by atoms with Crippen LogP contribution in [-0.2, 0) is 0 Å². The molecule has 2 atom stereocenters. The molecular weight excluding hydrogens is 177 g/mol. The van der Waals surface area contributed by atoms with Crippen LogP contribution < -0.4 is 0 Å². The smallest absolute Gasteiger partial charge is 0.0507 e. The summed E-state index contributed by atoms with van der Waals surface area (Å²) < 4.78 is 1.59. The Morgan fingerprint density at radius 2 is 1.91 bits per heavy atom. The SMILES string of the molecule is C[C@H](c1ccccc1)N(P)Cl. The Morgan fingerprint density at radius 1 is 1.36 bits per heavy atom. The molecule has 1 unspecified atom stereocenters. The minimum absolute atomic E-state index is 0.239. The Kier molecular flexibility index (Phi) is 3.32. The van der Waals surface area contributed by atoms with E-state index in [1.165, 1.54) is 5.56 Å². The first-order valence-corrected chi connectivity index (χ1v) is 4.32. The van der Waals surface area contributed by atoms with Crippen LogP contribution in [0.25, 0.3) is 0 Å². The summed E-state index contributed by atoms with van der Waals surface area (Å²) in [6, 6.07) is 10.4. The van der Waals surface area contributed by atoms with Gasteiger partial charge in [0.1, 0.15) is 0 Å². The predicted molar refractivity (Wildman–Crippen MR) is 52.3 cm³/mol. The third-order valence-corrected chi connectivity index (χ3v) is 2.39. The fourth-order valence-electron chi connectivity index (χ4n) is 0.874. The van der Waals surface area contributed by atoms with Crippen molar-refractivity contribution in [2.45, 2.75) is 13.0 Å². The Bertz CT molecular complexity index is 213. The first-order valence-electron chi connectivity index (χ1n) is 3.46. The summed E-state index contributed by atoms with van der Waals surface area (Å²) in [4.78, 5) is 0. The highest BCUT2D eigenvalue weighted by atomic mass is 35.5. The van der Waals surface area contributed by atoms with E-state index >= 15 is 0 Å². The highest BCUT2D eigenvalue weighted by Gasteiger charge is 2.07. The van der Waals surface area contributed by atoms with Crippen molar-refractivity contribution in [1.29, 1.82) is 0 Å². The van der Waals surface area contributed by atoms with Gasteiger partial charge in [-0.3, -0.25) is 0 Å². The molecule has 0 saturated carbocycles. The lowest BCUT2D eigenvalue weighted by atomic mass is 10.1. The first-order chi connectivity index (χ1) is 5.22. The number of hydrogen-bond donors (Lipinski definition) is 0. The lowest BCUT2D eigenvalue weighted by Crippen LogP contribution is -2.04. The standard InChI is InChI=1S/C8H11ClNP/c1-7(10(9)11)8-5-3-2-4-6-8/h2-7H,11H2,1H3/t7-/m1/s1. The first kappa shape index (κ1) is 8.99. The van der Waals surface area contributed by atoms with Gasteiger partial charge >= 0.3 is 0 Å². The van der Waals surface area contributed by atoms with Gasteiger partial charge in [-0.15, -0.1) is 0 Å². The molecule has 0 aliphatic carbocycles. The number of benzene rings is 1. The number of nitrogens with zero attached hydrogens (tertiary/aromatic N) is 1. The van der Waals surface area contributed by atoms with Gasteiger partial charge in [0.05, 0.1) is 6.04 Å². The molecule has 0 saturated heterocycles. The molecule has 0 bridgehead atoms. The van der Waals surface area contributed by atoms with Crippen LogP contribution in [0.5, 0.6) is 0 Å². The largest absolute Gasteiger partial charge is 0.197 e. The zero-order chi connectivity index (χ0) is 8.27. The van der Waals surface area contributed by atoms with Gasteiger partial charge in [-0.05, 0) is 33.7 Å². The van der Waals surface area contributed by atoms with Crippen molar-refractivity contribution in [3.8, 4) is 0 Å². The third kappa shape index (κ3) is 2.44. The fraction of sp³-hybridized carbons (Fsp3) is 0.250. The van der Waals surface area contributed by atoms with Crippen molar-refractivity contribution < 1.29 is 0 Å². The van der Waals surface area contributed by atoms with Crippen molar-refractivity contribution in [2.75, 3.05) is 0 Å². The van der Waals surface area contributed by atoms with E-state index in [4.69, 9.17) is 11.8 Å². The second kappa shape index (κ2) is 4.06. The number of hydrogen-bond acceptors (Lipinski definition) is 1. The van der Waals surface area contributed by atoms with Gasteiger partial charge in [-0.25, -0.2) is 0 Å². The number of rotatable bonds is 2. The molecule has 1 aromatic rings. The van der Waals surface area contributed by atoms with Crippen molar-refractivity contribution in [3.63, 3.8) is 0 Å². The molecule has 1 aromatic carbocycles. The molecule has 1 rings (SSSR count). The van der Waals surface area contributed by atoms with Crippen molar-refractivity contribution in [1.82, 2.24) is 4.19 Å². The minimum atomic E-state index is 0.239. The van der Waals surface area contributed by atoms with E-state index in [0.29, 0.717) is 0 Å². The summed E-state index contributed by atoms with van der Waals surface area (Å²) in [6.07, 6.45) is 0. The third-order valence-electron chi connectivity index (χ3n) is 1.65. The van der Waals surface area contributed by atoms with Gasteiger partial charge in [0, 0.05) is 0 Å². The average molecular weight is 188 g/mol. The van der Waals surface area contributed by atoms with Crippen molar-refractivity contribution in [2.24, 2.45) is 0 Å². The molecule has 0 aliphatic rings. The van der Waals surface area contributed by atoms with E-state index in [0.717, 1.165) is 0 Å². The van der Waals surface area contributed by atoms with Gasteiger partial charge < -0.3 is 0 Å². The van der Waals surface area contributed by atoms with Crippen LogP contribution in [0.1, 0.15) is 18.5 Å². The zero-order valence-corrected chi connectivity index (χ0v) is 8.28. The highest BCUT2D eigenvalue weighted by Crippen LogP contribution is 2.24. The number of halogens is 1. The molecule has 3 heteroatoms. The highest BCUT2D eigenvalue weighted by molar-refractivity contribution is 7.15. The van der Waals surface area contributed by atoms with Gasteiger partial charge in [-0.1, -0.05) is 30.3 Å². The monoisotopic (exact) mass is 187 g/mol. The maximum absolute atomic E-state index is 5.76. The Balaban J connectivity index is 2.77. The lowest BCUT2D eigenvalue weighted by molar-refractivity contribution is 0.569. The topological polar surface area (TPSA) is 3.24 Å². The van der Waals surface area contributed by atoms with Gasteiger partial charge in [0.15, 0.2) is 0 Å². The summed E-state index contributed by atoms with van der Waals surface area (Å²) in [5, 5.41) is 0. The zero-order valence-electron chi connectivity index (χ0n) is 6.37. The molecule has 0 aliphatic heterocycles. The maximum atomic E-state index is 5.76. The summed E-state index contributed by atoms with van der Waals surface area (Å²) in [6.45, 7) is 2.05. The van der Waals surface area contributed by atoms with Gasteiger partial charge in [-0.2, -0.15) is 4.19 Å². The van der Waals surface area contributed by atoms with Gasteiger partial charge in [0.2, 0.25) is 0 Å².